The fourth-order valence-electron chi connectivity index (χ4n) is 2.21. The first-order chi connectivity index (χ1) is 7.24. The normalized spacial score (nSPS) is 18.5. The van der Waals surface area contributed by atoms with E-state index in [0.717, 1.165) is 17.4 Å². The van der Waals surface area contributed by atoms with Gasteiger partial charge in [0.15, 0.2) is 0 Å². The van der Waals surface area contributed by atoms with E-state index in [-0.39, 0.29) is 0 Å². The minimum Gasteiger partial charge on any atom is -0.327 e. The van der Waals surface area contributed by atoms with E-state index in [2.05, 4.69) is 6.07 Å². The van der Waals surface area contributed by atoms with Crippen LogP contribution in [-0.2, 0) is 6.42 Å². The number of rotatable bonds is 4. The Morgan fingerprint density at radius 2 is 2.20 bits per heavy atom. The average molecular weight is 224 g/mol. The molecule has 1 aliphatic carbocycles. The van der Waals surface area contributed by atoms with Crippen molar-refractivity contribution in [3.05, 3.63) is 34.9 Å². The van der Waals surface area contributed by atoms with Crippen molar-refractivity contribution in [1.29, 1.82) is 0 Å². The van der Waals surface area contributed by atoms with Gasteiger partial charge in [-0.3, -0.25) is 0 Å². The molecule has 0 aliphatic heterocycles. The van der Waals surface area contributed by atoms with Gasteiger partial charge >= 0.3 is 0 Å². The van der Waals surface area contributed by atoms with Gasteiger partial charge in [0.2, 0.25) is 0 Å². The van der Waals surface area contributed by atoms with Crippen LogP contribution >= 0.6 is 11.6 Å². The zero-order chi connectivity index (χ0) is 10.7. The molecule has 1 nitrogen and oxygen atoms in total. The maximum atomic E-state index is 6.12. The molecule has 0 bridgehead atoms. The maximum absolute atomic E-state index is 6.12. The highest BCUT2D eigenvalue weighted by Gasteiger charge is 2.20. The minimum absolute atomic E-state index is 0.300. The van der Waals surface area contributed by atoms with Crippen LogP contribution in [0.3, 0.4) is 0 Å². The van der Waals surface area contributed by atoms with Crippen LogP contribution in [-0.4, -0.2) is 6.04 Å². The Labute approximate surface area is 96.6 Å². The third-order valence-electron chi connectivity index (χ3n) is 3.25. The molecule has 2 N–H and O–H groups in total. The van der Waals surface area contributed by atoms with Crippen molar-refractivity contribution in [2.24, 2.45) is 11.7 Å². The summed E-state index contributed by atoms with van der Waals surface area (Å²) in [6.07, 6.45) is 6.28. The number of halogens is 1. The van der Waals surface area contributed by atoms with E-state index in [4.69, 9.17) is 17.3 Å². The van der Waals surface area contributed by atoms with E-state index in [9.17, 15) is 0 Å². The zero-order valence-corrected chi connectivity index (χ0v) is 9.71. The molecule has 1 fully saturated rings. The van der Waals surface area contributed by atoms with Gasteiger partial charge in [-0.2, -0.15) is 0 Å². The lowest BCUT2D eigenvalue weighted by Crippen LogP contribution is -2.28. The van der Waals surface area contributed by atoms with Gasteiger partial charge in [-0.1, -0.05) is 43.0 Å². The van der Waals surface area contributed by atoms with Gasteiger partial charge in [-0.05, 0) is 36.5 Å². The van der Waals surface area contributed by atoms with E-state index < -0.39 is 0 Å². The molecule has 1 aromatic rings. The predicted octanol–water partition coefficient (Wildman–Crippen LogP) is 3.40. The summed E-state index contributed by atoms with van der Waals surface area (Å²) in [5.74, 6) is 0.888. The van der Waals surface area contributed by atoms with Crippen molar-refractivity contribution in [1.82, 2.24) is 0 Å². The second-order valence-electron chi connectivity index (χ2n) is 4.63. The molecule has 2 heteroatoms. The molecule has 0 heterocycles. The highest BCUT2D eigenvalue weighted by atomic mass is 35.5. The summed E-state index contributed by atoms with van der Waals surface area (Å²) in [4.78, 5) is 0. The van der Waals surface area contributed by atoms with E-state index >= 15 is 0 Å². The van der Waals surface area contributed by atoms with Crippen molar-refractivity contribution >= 4 is 11.6 Å². The topological polar surface area (TPSA) is 26.0 Å². The van der Waals surface area contributed by atoms with Crippen LogP contribution in [0.2, 0.25) is 5.02 Å². The van der Waals surface area contributed by atoms with Crippen LogP contribution in [0.25, 0.3) is 0 Å². The van der Waals surface area contributed by atoms with Crippen LogP contribution in [0.1, 0.15) is 31.2 Å². The van der Waals surface area contributed by atoms with Crippen molar-refractivity contribution in [2.45, 2.75) is 38.1 Å². The van der Waals surface area contributed by atoms with Crippen molar-refractivity contribution < 1.29 is 0 Å². The summed E-state index contributed by atoms with van der Waals surface area (Å²) in [5.41, 5.74) is 7.38. The molecule has 0 radical (unpaired) electrons. The molecular formula is C13H18ClN. The van der Waals surface area contributed by atoms with Gasteiger partial charge in [-0.15, -0.1) is 0 Å². The third kappa shape index (κ3) is 3.22. The molecule has 0 spiro atoms. The Hall–Kier alpha value is -0.530. The minimum atomic E-state index is 0.300. The lowest BCUT2D eigenvalue weighted by atomic mass is 9.80. The van der Waals surface area contributed by atoms with E-state index in [1.165, 1.54) is 31.2 Å². The van der Waals surface area contributed by atoms with E-state index in [0.29, 0.717) is 6.04 Å². The average Bonchev–Trinajstić information content (AvgIpc) is 2.11. The second kappa shape index (κ2) is 5.00. The predicted molar refractivity (Wildman–Crippen MR) is 65.1 cm³/mol. The number of hydrogen-bond acceptors (Lipinski definition) is 1. The molecule has 0 aromatic heterocycles. The Morgan fingerprint density at radius 3 is 2.80 bits per heavy atom. The summed E-state index contributed by atoms with van der Waals surface area (Å²) in [6.45, 7) is 0. The van der Waals surface area contributed by atoms with Crippen LogP contribution in [0, 0.1) is 5.92 Å². The van der Waals surface area contributed by atoms with Crippen molar-refractivity contribution in [2.75, 3.05) is 0 Å². The fraction of sp³-hybridized carbons (Fsp3) is 0.538. The van der Waals surface area contributed by atoms with Gasteiger partial charge in [0.05, 0.1) is 0 Å². The molecule has 2 rings (SSSR count). The SMILES string of the molecule is NC(Cc1cccc(Cl)c1)CC1CCC1. The number of hydrogen-bond donors (Lipinski definition) is 1. The first kappa shape index (κ1) is 11.0. The molecule has 15 heavy (non-hydrogen) atoms. The standard InChI is InChI=1S/C13H18ClN/c14-12-6-2-5-11(7-12)9-13(15)8-10-3-1-4-10/h2,5-7,10,13H,1,3-4,8-9,15H2. The summed E-state index contributed by atoms with van der Waals surface area (Å²) in [5, 5.41) is 0.809. The molecule has 0 amide bonds. The smallest absolute Gasteiger partial charge is 0.0408 e. The molecular weight excluding hydrogens is 206 g/mol. The molecule has 1 unspecified atom stereocenters. The number of benzene rings is 1. The third-order valence-corrected chi connectivity index (χ3v) is 3.48. The summed E-state index contributed by atoms with van der Waals surface area (Å²) < 4.78 is 0. The van der Waals surface area contributed by atoms with Gasteiger partial charge in [0, 0.05) is 11.1 Å². The monoisotopic (exact) mass is 223 g/mol. The first-order valence-electron chi connectivity index (χ1n) is 5.74. The lowest BCUT2D eigenvalue weighted by molar-refractivity contribution is 0.275. The van der Waals surface area contributed by atoms with Gasteiger partial charge in [0.1, 0.15) is 0 Å². The fourth-order valence-corrected chi connectivity index (χ4v) is 2.42. The molecule has 1 saturated carbocycles. The molecule has 1 aliphatic rings. The largest absolute Gasteiger partial charge is 0.327 e. The zero-order valence-electron chi connectivity index (χ0n) is 8.95. The Kier molecular flexibility index (Phi) is 3.66. The van der Waals surface area contributed by atoms with Gasteiger partial charge in [-0.25, -0.2) is 0 Å². The van der Waals surface area contributed by atoms with Crippen molar-refractivity contribution in [3.8, 4) is 0 Å². The highest BCUT2D eigenvalue weighted by molar-refractivity contribution is 6.30. The highest BCUT2D eigenvalue weighted by Crippen LogP contribution is 2.30. The second-order valence-corrected chi connectivity index (χ2v) is 5.06. The molecule has 1 aromatic carbocycles. The van der Waals surface area contributed by atoms with Crippen molar-refractivity contribution in [3.63, 3.8) is 0 Å². The maximum Gasteiger partial charge on any atom is 0.0408 e. The molecule has 0 saturated heterocycles. The first-order valence-corrected chi connectivity index (χ1v) is 6.12. The molecule has 82 valence electrons. The van der Waals surface area contributed by atoms with E-state index in [1.807, 2.05) is 18.2 Å². The lowest BCUT2D eigenvalue weighted by Gasteiger charge is -2.28. The van der Waals surface area contributed by atoms with Gasteiger partial charge < -0.3 is 5.73 Å². The molecule has 1 atom stereocenters. The van der Waals surface area contributed by atoms with Crippen LogP contribution in [0.5, 0.6) is 0 Å². The van der Waals surface area contributed by atoms with Crippen LogP contribution in [0.15, 0.2) is 24.3 Å². The quantitative estimate of drug-likeness (QED) is 0.832. The van der Waals surface area contributed by atoms with Crippen LogP contribution in [0.4, 0.5) is 0 Å². The number of nitrogens with two attached hydrogens (primary N) is 1. The van der Waals surface area contributed by atoms with E-state index in [1.54, 1.807) is 0 Å². The Balaban J connectivity index is 1.84. The summed E-state index contributed by atoms with van der Waals surface area (Å²) in [6, 6.07) is 8.32. The summed E-state index contributed by atoms with van der Waals surface area (Å²) in [7, 11) is 0. The summed E-state index contributed by atoms with van der Waals surface area (Å²) >= 11 is 5.93. The van der Waals surface area contributed by atoms with Gasteiger partial charge in [0.25, 0.3) is 0 Å². The Bertz CT molecular complexity index is 320. The Morgan fingerprint density at radius 1 is 1.40 bits per heavy atom. The van der Waals surface area contributed by atoms with Crippen LogP contribution < -0.4 is 5.73 Å².